The molecule has 0 radical (unpaired) electrons. The van der Waals surface area contributed by atoms with Gasteiger partial charge in [-0.3, -0.25) is 0 Å². The number of carbonyl (C=O) groups is 4. The van der Waals surface area contributed by atoms with Crippen molar-refractivity contribution in [3.63, 3.8) is 0 Å². The van der Waals surface area contributed by atoms with Gasteiger partial charge in [-0.05, 0) is 213 Å². The third-order valence-electron chi connectivity index (χ3n) is 21.2. The van der Waals surface area contributed by atoms with Gasteiger partial charge in [-0.1, -0.05) is 235 Å². The van der Waals surface area contributed by atoms with E-state index in [0.29, 0.717) is 73.6 Å². The Hall–Kier alpha value is -8.82. The summed E-state index contributed by atoms with van der Waals surface area (Å²) in [6.07, 6.45) is 30.5. The highest BCUT2D eigenvalue weighted by atomic mass is 79.9. The van der Waals surface area contributed by atoms with Crippen LogP contribution in [-0.4, -0.2) is 50.3 Å². The lowest BCUT2D eigenvalue weighted by Crippen LogP contribution is -2.12. The first-order chi connectivity index (χ1) is 52.6. The quantitative estimate of drug-likeness (QED) is 0.0273. The number of halogens is 3. The van der Waals surface area contributed by atoms with Crippen LogP contribution in [0.3, 0.4) is 0 Å². The normalized spacial score (nSPS) is 14.7. The fourth-order valence-electron chi connectivity index (χ4n) is 15.2. The summed E-state index contributed by atoms with van der Waals surface area (Å²) in [5.74, 6) is 1.32. The minimum atomic E-state index is -0.310. The van der Waals surface area contributed by atoms with E-state index in [1.54, 1.807) is 25.1 Å². The van der Waals surface area contributed by atoms with E-state index in [1.807, 2.05) is 87.5 Å². The first-order valence-electron chi connectivity index (χ1n) is 40.1. The Labute approximate surface area is 650 Å². The van der Waals surface area contributed by atoms with Crippen LogP contribution in [-0.2, 0) is 70.8 Å². The molecule has 4 N–H and O–H groups in total. The molecule has 576 valence electrons. The van der Waals surface area contributed by atoms with Crippen molar-refractivity contribution >= 4 is 62.6 Å². The van der Waals surface area contributed by atoms with E-state index in [9.17, 15) is 28.0 Å². The molecule has 0 bridgehead atoms. The number of nitrogens with one attached hydrogen (secondary N) is 4. The summed E-state index contributed by atoms with van der Waals surface area (Å²) in [6.45, 7) is 13.5. The van der Waals surface area contributed by atoms with Gasteiger partial charge in [0.2, 0.25) is 0 Å². The van der Waals surface area contributed by atoms with E-state index in [2.05, 4.69) is 105 Å². The van der Waals surface area contributed by atoms with E-state index in [1.165, 1.54) is 192 Å². The van der Waals surface area contributed by atoms with Crippen molar-refractivity contribution in [3.8, 4) is 0 Å². The number of aryl methyl sites for hydroxylation is 1. The van der Waals surface area contributed by atoms with Crippen LogP contribution in [0.15, 0.2) is 174 Å². The number of carbonyl (C=O) groups excluding carboxylic acids is 4. The second-order valence-electron chi connectivity index (χ2n) is 29.5. The topological polar surface area (TPSA) is 153 Å². The van der Waals surface area contributed by atoms with Crippen molar-refractivity contribution < 1.29 is 46.9 Å². The standard InChI is InChI=1S/C24H31NO2.C23H28BrNO2.2C23H28FNO2/c1-3-27-24(26)22-14-13-21(15-19-7-5-4-6-8-19)23(16-22)25-17-20-11-9-18(2)10-12-20;1-2-27-23(26)20-11-10-19(14-17-6-4-3-5-7-17)22(15-20)25-16-18-8-12-21(24)13-9-18;1-2-27-23(26)20-12-11-19(13-17-7-4-3-5-8-17)22(15-20)25-16-18-9-6-10-21(24)14-18;1-2-27-23(26)20-11-10-19(14-17-6-4-3-5-7-17)22(15-20)25-16-18-8-12-21(24)13-9-18/h9-14,16,19,25H,3-8,15,17H2,1-2H3;8-13,15,17,25H,2-7,14,16H2,1H3;6,9-12,14-15,17,25H,2-5,7-8,13,16H2,1H3;8-13,15,17,25H,2-7,14,16H2,1H3. The lowest BCUT2D eigenvalue weighted by molar-refractivity contribution is 0.0517. The molecule has 0 saturated heterocycles. The summed E-state index contributed by atoms with van der Waals surface area (Å²) in [5.41, 5.74) is 17.0. The summed E-state index contributed by atoms with van der Waals surface area (Å²) < 4.78 is 48.3. The van der Waals surface area contributed by atoms with Gasteiger partial charge < -0.3 is 40.2 Å². The Balaban J connectivity index is 0.000000166. The molecule has 0 unspecified atom stereocenters. The Morgan fingerprint density at radius 1 is 0.333 bits per heavy atom. The number of hydrogen-bond donors (Lipinski definition) is 4. The van der Waals surface area contributed by atoms with E-state index in [0.717, 1.165) is 89.0 Å². The molecule has 108 heavy (non-hydrogen) atoms. The second-order valence-corrected chi connectivity index (χ2v) is 30.4. The third-order valence-corrected chi connectivity index (χ3v) is 21.7. The maximum atomic E-state index is 13.4. The first kappa shape index (κ1) is 83.2. The molecule has 0 spiro atoms. The number of ether oxygens (including phenoxy) is 4. The highest BCUT2D eigenvalue weighted by Gasteiger charge is 2.23. The van der Waals surface area contributed by atoms with Gasteiger partial charge in [-0.25, -0.2) is 28.0 Å². The molecule has 4 aliphatic rings. The van der Waals surface area contributed by atoms with Crippen molar-refractivity contribution in [2.75, 3.05) is 47.7 Å². The van der Waals surface area contributed by atoms with Crippen molar-refractivity contribution in [1.82, 2.24) is 0 Å². The van der Waals surface area contributed by atoms with Crippen LogP contribution < -0.4 is 21.3 Å². The van der Waals surface area contributed by atoms with Crippen LogP contribution in [0, 0.1) is 42.2 Å². The van der Waals surface area contributed by atoms with E-state index < -0.39 is 0 Å². The number of hydrogen-bond acceptors (Lipinski definition) is 12. The van der Waals surface area contributed by atoms with Gasteiger partial charge in [0.05, 0.1) is 48.7 Å². The van der Waals surface area contributed by atoms with Crippen LogP contribution in [0.2, 0.25) is 0 Å². The van der Waals surface area contributed by atoms with Crippen molar-refractivity contribution in [3.05, 3.63) is 258 Å². The van der Waals surface area contributed by atoms with Crippen molar-refractivity contribution in [2.24, 2.45) is 23.7 Å². The van der Waals surface area contributed by atoms with Crippen LogP contribution in [0.4, 0.5) is 31.5 Å². The third kappa shape index (κ3) is 28.0. The molecule has 8 aromatic rings. The fourth-order valence-corrected chi connectivity index (χ4v) is 15.5. The maximum Gasteiger partial charge on any atom is 0.338 e. The highest BCUT2D eigenvalue weighted by molar-refractivity contribution is 9.10. The molecule has 8 aromatic carbocycles. The van der Waals surface area contributed by atoms with Crippen LogP contribution >= 0.6 is 15.9 Å². The summed E-state index contributed by atoms with van der Waals surface area (Å²) in [7, 11) is 0. The predicted molar refractivity (Wildman–Crippen MR) is 438 cm³/mol. The van der Waals surface area contributed by atoms with Gasteiger partial charge in [0, 0.05) is 53.4 Å². The van der Waals surface area contributed by atoms with E-state index in [-0.39, 0.29) is 35.5 Å². The van der Waals surface area contributed by atoms with Crippen LogP contribution in [0.1, 0.15) is 248 Å². The molecule has 0 heterocycles. The summed E-state index contributed by atoms with van der Waals surface area (Å²) >= 11 is 3.48. The SMILES string of the molecule is CCOC(=O)c1ccc(CC2CCCCC2)c(NCc2ccc(Br)cc2)c1.CCOC(=O)c1ccc(CC2CCCCC2)c(NCc2ccc(C)cc2)c1.CCOC(=O)c1ccc(CC2CCCCC2)c(NCc2ccc(F)cc2)c1.CCOC(=O)c1ccc(CC2CCCCC2)c(NCc2cccc(F)c2)c1. The van der Waals surface area contributed by atoms with Gasteiger partial charge in [0.25, 0.3) is 0 Å². The summed E-state index contributed by atoms with van der Waals surface area (Å²) in [6, 6.07) is 53.4. The van der Waals surface area contributed by atoms with Crippen LogP contribution in [0.25, 0.3) is 0 Å². The lowest BCUT2D eigenvalue weighted by Gasteiger charge is -2.23. The highest BCUT2D eigenvalue weighted by Crippen LogP contribution is 2.35. The fraction of sp³-hybridized carbons (Fsp3) is 0.441. The molecule has 15 heteroatoms. The van der Waals surface area contributed by atoms with Gasteiger partial charge >= 0.3 is 23.9 Å². The van der Waals surface area contributed by atoms with Crippen molar-refractivity contribution in [2.45, 2.75) is 215 Å². The molecule has 0 aromatic heterocycles. The molecule has 0 amide bonds. The van der Waals surface area contributed by atoms with Gasteiger partial charge in [-0.2, -0.15) is 0 Å². The minimum absolute atomic E-state index is 0.235. The molecule has 4 saturated carbocycles. The van der Waals surface area contributed by atoms with E-state index >= 15 is 0 Å². The molecule has 12 nitrogen and oxygen atoms in total. The second kappa shape index (κ2) is 45.2. The summed E-state index contributed by atoms with van der Waals surface area (Å²) in [5, 5.41) is 14.0. The monoisotopic (exact) mass is 1530 g/mol. The van der Waals surface area contributed by atoms with Gasteiger partial charge in [-0.15, -0.1) is 0 Å². The lowest BCUT2D eigenvalue weighted by atomic mass is 9.84. The zero-order valence-electron chi connectivity index (χ0n) is 64.5. The maximum absolute atomic E-state index is 13.4. The Bertz CT molecular complexity index is 3760. The average Bonchev–Trinajstić information content (AvgIpc) is 0.850. The first-order valence-corrected chi connectivity index (χ1v) is 40.9. The van der Waals surface area contributed by atoms with Crippen molar-refractivity contribution in [1.29, 1.82) is 0 Å². The molecule has 0 atom stereocenters. The average molecular weight is 1530 g/mol. The Morgan fingerprint density at radius 3 is 0.898 bits per heavy atom. The number of benzene rings is 8. The number of rotatable bonds is 28. The molecule has 12 rings (SSSR count). The Kier molecular flexibility index (Phi) is 34.9. The van der Waals surface area contributed by atoms with Gasteiger partial charge in [0.15, 0.2) is 0 Å². The Morgan fingerprint density at radius 2 is 0.611 bits per heavy atom. The predicted octanol–water partition coefficient (Wildman–Crippen LogP) is 23.7. The zero-order chi connectivity index (χ0) is 76.2. The molecule has 4 fully saturated rings. The van der Waals surface area contributed by atoms with Crippen LogP contribution in [0.5, 0.6) is 0 Å². The molecular weight excluding hydrogens is 1420 g/mol. The zero-order valence-corrected chi connectivity index (χ0v) is 66.1. The molecule has 4 aliphatic carbocycles. The number of anilines is 4. The number of esters is 4. The summed E-state index contributed by atoms with van der Waals surface area (Å²) in [4.78, 5) is 48.6. The van der Waals surface area contributed by atoms with Gasteiger partial charge in [0.1, 0.15) is 11.6 Å². The van der Waals surface area contributed by atoms with E-state index in [4.69, 9.17) is 18.9 Å². The molecule has 0 aliphatic heterocycles. The largest absolute Gasteiger partial charge is 0.462 e. The minimum Gasteiger partial charge on any atom is -0.462 e. The molecular formula is C93H115BrF2N4O8. The smallest absolute Gasteiger partial charge is 0.338 e.